The number of nitrogens with one attached hydrogen (secondary N) is 1. The van der Waals surface area contributed by atoms with Crippen molar-refractivity contribution >= 4 is 39.7 Å². The SMILES string of the molecule is Cc1nc(N2CCc3ncc(Nc4cccnc4F)cc3C2)c2cc(Cl)ccc2n1. The van der Waals surface area contributed by atoms with Gasteiger partial charge in [0.15, 0.2) is 0 Å². The molecule has 0 saturated heterocycles. The highest BCUT2D eigenvalue weighted by molar-refractivity contribution is 6.31. The molecule has 1 aliphatic heterocycles. The molecule has 0 aliphatic carbocycles. The average molecular weight is 421 g/mol. The molecule has 8 heteroatoms. The van der Waals surface area contributed by atoms with Crippen LogP contribution < -0.4 is 10.2 Å². The van der Waals surface area contributed by atoms with E-state index in [0.29, 0.717) is 28.8 Å². The van der Waals surface area contributed by atoms with Crippen LogP contribution in [0.25, 0.3) is 10.9 Å². The van der Waals surface area contributed by atoms with Gasteiger partial charge in [-0.05, 0) is 48.9 Å². The Kier molecular flexibility index (Phi) is 4.67. The molecule has 5 rings (SSSR count). The van der Waals surface area contributed by atoms with Gasteiger partial charge in [0.2, 0.25) is 5.95 Å². The number of hydrogen-bond acceptors (Lipinski definition) is 6. The fourth-order valence-corrected chi connectivity index (χ4v) is 3.92. The lowest BCUT2D eigenvalue weighted by molar-refractivity contribution is 0.588. The molecule has 0 radical (unpaired) electrons. The lowest BCUT2D eigenvalue weighted by atomic mass is 10.0. The largest absolute Gasteiger partial charge is 0.351 e. The van der Waals surface area contributed by atoms with Crippen LogP contribution in [0.4, 0.5) is 21.6 Å². The smallest absolute Gasteiger partial charge is 0.236 e. The molecule has 0 saturated carbocycles. The van der Waals surface area contributed by atoms with Gasteiger partial charge in [0.1, 0.15) is 11.6 Å². The van der Waals surface area contributed by atoms with Crippen molar-refractivity contribution in [1.82, 2.24) is 19.9 Å². The standard InChI is InChI=1S/C22H18ClFN6/c1-13-27-19-5-4-15(23)10-17(19)22(28-13)30-8-6-18-14(12-30)9-16(11-26-18)29-20-3-2-7-25-21(20)24/h2-5,7,9-11,29H,6,8,12H2,1H3. The van der Waals surface area contributed by atoms with E-state index >= 15 is 0 Å². The molecule has 0 unspecified atom stereocenters. The van der Waals surface area contributed by atoms with Gasteiger partial charge >= 0.3 is 0 Å². The highest BCUT2D eigenvalue weighted by atomic mass is 35.5. The fourth-order valence-electron chi connectivity index (χ4n) is 3.75. The Labute approximate surface area is 177 Å². The number of pyridine rings is 2. The number of halogens is 2. The Morgan fingerprint density at radius 3 is 2.90 bits per heavy atom. The predicted octanol–water partition coefficient (Wildman–Crippen LogP) is 4.83. The lowest BCUT2D eigenvalue weighted by Gasteiger charge is -2.30. The summed E-state index contributed by atoms with van der Waals surface area (Å²) < 4.78 is 13.9. The minimum absolute atomic E-state index is 0.318. The first-order valence-electron chi connectivity index (χ1n) is 9.61. The number of rotatable bonds is 3. The first kappa shape index (κ1) is 18.7. The second-order valence-electron chi connectivity index (χ2n) is 7.22. The van der Waals surface area contributed by atoms with E-state index in [-0.39, 0.29) is 0 Å². The van der Waals surface area contributed by atoms with Crippen LogP contribution in [0.2, 0.25) is 5.02 Å². The van der Waals surface area contributed by atoms with Crippen molar-refractivity contribution in [1.29, 1.82) is 0 Å². The van der Waals surface area contributed by atoms with Crippen LogP contribution in [0.15, 0.2) is 48.8 Å². The molecule has 1 aliphatic rings. The van der Waals surface area contributed by atoms with E-state index in [2.05, 4.69) is 25.2 Å². The number of benzene rings is 1. The lowest BCUT2D eigenvalue weighted by Crippen LogP contribution is -2.32. The molecular formula is C22H18ClFN6. The van der Waals surface area contributed by atoms with E-state index < -0.39 is 5.95 Å². The van der Waals surface area contributed by atoms with Crippen molar-refractivity contribution in [2.75, 3.05) is 16.8 Å². The minimum atomic E-state index is -0.545. The molecular weight excluding hydrogens is 403 g/mol. The maximum absolute atomic E-state index is 13.9. The summed E-state index contributed by atoms with van der Waals surface area (Å²) in [6.07, 6.45) is 3.94. The van der Waals surface area contributed by atoms with Gasteiger partial charge in [-0.15, -0.1) is 0 Å². The molecule has 0 bridgehead atoms. The number of hydrogen-bond donors (Lipinski definition) is 1. The van der Waals surface area contributed by atoms with E-state index in [9.17, 15) is 4.39 Å². The third kappa shape index (κ3) is 3.52. The maximum Gasteiger partial charge on any atom is 0.236 e. The van der Waals surface area contributed by atoms with Gasteiger partial charge in [-0.2, -0.15) is 4.39 Å². The Balaban J connectivity index is 1.48. The van der Waals surface area contributed by atoms with E-state index in [4.69, 9.17) is 16.6 Å². The monoisotopic (exact) mass is 420 g/mol. The van der Waals surface area contributed by atoms with E-state index in [1.807, 2.05) is 31.2 Å². The van der Waals surface area contributed by atoms with Crippen molar-refractivity contribution in [2.24, 2.45) is 0 Å². The molecule has 0 atom stereocenters. The Morgan fingerprint density at radius 2 is 2.03 bits per heavy atom. The average Bonchev–Trinajstić information content (AvgIpc) is 2.74. The second kappa shape index (κ2) is 7.50. The van der Waals surface area contributed by atoms with Crippen LogP contribution in [0.1, 0.15) is 17.1 Å². The first-order valence-corrected chi connectivity index (χ1v) is 9.99. The Bertz CT molecular complexity index is 1260. The molecule has 3 aromatic heterocycles. The Morgan fingerprint density at radius 1 is 1.13 bits per heavy atom. The van der Waals surface area contributed by atoms with Crippen LogP contribution in [0.3, 0.4) is 0 Å². The minimum Gasteiger partial charge on any atom is -0.351 e. The van der Waals surface area contributed by atoms with Gasteiger partial charge in [-0.3, -0.25) is 4.98 Å². The van der Waals surface area contributed by atoms with Gasteiger partial charge in [0.05, 0.1) is 23.1 Å². The van der Waals surface area contributed by atoms with Crippen molar-refractivity contribution in [2.45, 2.75) is 19.9 Å². The molecule has 4 aromatic rings. The molecule has 6 nitrogen and oxygen atoms in total. The predicted molar refractivity (Wildman–Crippen MR) is 116 cm³/mol. The summed E-state index contributed by atoms with van der Waals surface area (Å²) in [6, 6.07) is 11.0. The summed E-state index contributed by atoms with van der Waals surface area (Å²) in [5.41, 5.74) is 4.01. The molecule has 0 spiro atoms. The van der Waals surface area contributed by atoms with Gasteiger partial charge in [-0.25, -0.2) is 15.0 Å². The van der Waals surface area contributed by atoms with Crippen molar-refractivity contribution in [3.63, 3.8) is 0 Å². The highest BCUT2D eigenvalue weighted by Gasteiger charge is 2.21. The van der Waals surface area contributed by atoms with Gasteiger partial charge in [0, 0.05) is 41.8 Å². The molecule has 0 fully saturated rings. The highest BCUT2D eigenvalue weighted by Crippen LogP contribution is 2.31. The Hall–Kier alpha value is -3.32. The van der Waals surface area contributed by atoms with E-state index in [1.165, 1.54) is 6.20 Å². The zero-order chi connectivity index (χ0) is 20.7. The summed E-state index contributed by atoms with van der Waals surface area (Å²) in [4.78, 5) is 19.7. The molecule has 1 N–H and O–H groups in total. The van der Waals surface area contributed by atoms with E-state index in [1.54, 1.807) is 18.3 Å². The molecule has 150 valence electrons. The topological polar surface area (TPSA) is 66.8 Å². The third-order valence-electron chi connectivity index (χ3n) is 5.13. The summed E-state index contributed by atoms with van der Waals surface area (Å²) in [7, 11) is 0. The fraction of sp³-hybridized carbons (Fsp3) is 0.182. The number of anilines is 3. The molecule has 0 amide bonds. The second-order valence-corrected chi connectivity index (χ2v) is 7.66. The molecule has 1 aromatic carbocycles. The number of aryl methyl sites for hydroxylation is 1. The summed E-state index contributed by atoms with van der Waals surface area (Å²) >= 11 is 6.23. The summed E-state index contributed by atoms with van der Waals surface area (Å²) in [5.74, 6) is 1.03. The van der Waals surface area contributed by atoms with Gasteiger partial charge in [-0.1, -0.05) is 11.6 Å². The molecule has 30 heavy (non-hydrogen) atoms. The van der Waals surface area contributed by atoms with Crippen LogP contribution >= 0.6 is 11.6 Å². The third-order valence-corrected chi connectivity index (χ3v) is 5.36. The van der Waals surface area contributed by atoms with Crippen LogP contribution in [-0.4, -0.2) is 26.5 Å². The van der Waals surface area contributed by atoms with Crippen molar-refractivity contribution in [3.05, 3.63) is 76.8 Å². The van der Waals surface area contributed by atoms with Crippen LogP contribution in [0, 0.1) is 12.9 Å². The number of aromatic nitrogens is 4. The van der Waals surface area contributed by atoms with Crippen molar-refractivity contribution in [3.8, 4) is 0 Å². The normalized spacial score (nSPS) is 13.4. The number of nitrogens with zero attached hydrogens (tertiary/aromatic N) is 5. The molecule has 4 heterocycles. The van der Waals surface area contributed by atoms with E-state index in [0.717, 1.165) is 40.9 Å². The van der Waals surface area contributed by atoms with Gasteiger partial charge < -0.3 is 10.2 Å². The quantitative estimate of drug-likeness (QED) is 0.479. The van der Waals surface area contributed by atoms with Crippen LogP contribution in [0.5, 0.6) is 0 Å². The van der Waals surface area contributed by atoms with Gasteiger partial charge in [0.25, 0.3) is 0 Å². The summed E-state index contributed by atoms with van der Waals surface area (Å²) in [5, 5.41) is 4.64. The summed E-state index contributed by atoms with van der Waals surface area (Å²) in [6.45, 7) is 3.33. The zero-order valence-electron chi connectivity index (χ0n) is 16.2. The zero-order valence-corrected chi connectivity index (χ0v) is 17.0. The van der Waals surface area contributed by atoms with Crippen molar-refractivity contribution < 1.29 is 4.39 Å². The number of fused-ring (bicyclic) bond motifs is 2. The maximum atomic E-state index is 13.9. The van der Waals surface area contributed by atoms with Crippen LogP contribution in [-0.2, 0) is 13.0 Å². The first-order chi connectivity index (χ1) is 14.6.